The fourth-order valence-corrected chi connectivity index (χ4v) is 2.55. The van der Waals surface area contributed by atoms with Gasteiger partial charge in [-0.05, 0) is 6.42 Å². The molecule has 3 heterocycles. The molecule has 0 amide bonds. The van der Waals surface area contributed by atoms with E-state index in [1.54, 1.807) is 6.20 Å². The zero-order chi connectivity index (χ0) is 13.6. The molecular weight excluding hydrogens is 286 g/mol. The van der Waals surface area contributed by atoms with Crippen molar-refractivity contribution in [1.29, 1.82) is 0 Å². The summed E-state index contributed by atoms with van der Waals surface area (Å²) in [4.78, 5) is 21.1. The van der Waals surface area contributed by atoms with Crippen LogP contribution < -0.4 is 16.6 Å². The third-order valence-electron chi connectivity index (χ3n) is 3.51. The molecule has 20 heavy (non-hydrogen) atoms. The molecule has 110 valence electrons. The summed E-state index contributed by atoms with van der Waals surface area (Å²) < 4.78 is 0. The molecule has 0 bridgehead atoms. The van der Waals surface area contributed by atoms with Gasteiger partial charge in [0.15, 0.2) is 0 Å². The van der Waals surface area contributed by atoms with Crippen molar-refractivity contribution in [3.05, 3.63) is 22.1 Å². The van der Waals surface area contributed by atoms with Gasteiger partial charge in [0, 0.05) is 17.8 Å². The molecule has 1 aliphatic heterocycles. The number of anilines is 1. The Balaban J connectivity index is 0.00000147. The summed E-state index contributed by atoms with van der Waals surface area (Å²) in [5.74, 6) is 0.0515. The fraction of sp³-hybridized carbons (Fsp3) is 0.455. The second kappa shape index (κ2) is 5.41. The summed E-state index contributed by atoms with van der Waals surface area (Å²) in [6.45, 7) is -0.143. The maximum atomic E-state index is 11.7. The summed E-state index contributed by atoms with van der Waals surface area (Å²) in [5, 5.41) is 22.0. The van der Waals surface area contributed by atoms with Crippen LogP contribution in [0, 0.1) is 0 Å². The number of H-pyrrole nitrogens is 2. The third kappa shape index (κ3) is 2.27. The van der Waals surface area contributed by atoms with Gasteiger partial charge in [0.1, 0.15) is 11.0 Å². The minimum Gasteiger partial charge on any atom is -0.395 e. The Morgan fingerprint density at radius 1 is 1.50 bits per heavy atom. The second-order valence-electron chi connectivity index (χ2n) is 4.73. The van der Waals surface area contributed by atoms with E-state index in [4.69, 9.17) is 10.8 Å². The number of nitrogens with two attached hydrogens (primary N) is 1. The normalized spacial score (nSPS) is 25.8. The van der Waals surface area contributed by atoms with Gasteiger partial charge < -0.3 is 26.2 Å². The smallest absolute Gasteiger partial charge is 0.276 e. The molecule has 2 aromatic heterocycles. The Bertz CT molecular complexity index is 670. The van der Waals surface area contributed by atoms with Gasteiger partial charge in [-0.3, -0.25) is 9.78 Å². The zero-order valence-corrected chi connectivity index (χ0v) is 11.3. The van der Waals surface area contributed by atoms with Crippen LogP contribution in [0.1, 0.15) is 18.0 Å². The number of aliphatic hydroxyl groups is 2. The van der Waals surface area contributed by atoms with Crippen LogP contribution in [0.5, 0.6) is 0 Å². The Labute approximate surface area is 119 Å². The highest BCUT2D eigenvalue weighted by molar-refractivity contribution is 5.85. The van der Waals surface area contributed by atoms with Gasteiger partial charge in [0.25, 0.3) is 5.56 Å². The lowest BCUT2D eigenvalue weighted by Gasteiger charge is -2.11. The molecule has 8 nitrogen and oxygen atoms in total. The van der Waals surface area contributed by atoms with Crippen molar-refractivity contribution in [1.82, 2.24) is 20.3 Å². The Morgan fingerprint density at radius 2 is 2.25 bits per heavy atom. The van der Waals surface area contributed by atoms with Crippen molar-refractivity contribution < 1.29 is 10.2 Å². The van der Waals surface area contributed by atoms with Crippen molar-refractivity contribution in [3.8, 4) is 0 Å². The number of nitrogens with one attached hydrogen (secondary N) is 3. The van der Waals surface area contributed by atoms with E-state index in [0.29, 0.717) is 17.5 Å². The Morgan fingerprint density at radius 3 is 2.90 bits per heavy atom. The molecule has 1 aliphatic rings. The molecule has 0 spiro atoms. The highest BCUT2D eigenvalue weighted by Gasteiger charge is 2.34. The number of fused-ring (bicyclic) bond motifs is 1. The molecule has 1 fully saturated rings. The topological polar surface area (TPSA) is 140 Å². The number of hydrogen-bond donors (Lipinski definition) is 6. The van der Waals surface area contributed by atoms with Crippen LogP contribution in [0.2, 0.25) is 0 Å². The van der Waals surface area contributed by atoms with E-state index in [9.17, 15) is 9.90 Å². The lowest BCUT2D eigenvalue weighted by molar-refractivity contribution is 0.121. The molecule has 0 radical (unpaired) electrons. The van der Waals surface area contributed by atoms with Crippen molar-refractivity contribution in [3.63, 3.8) is 0 Å². The summed E-state index contributed by atoms with van der Waals surface area (Å²) in [7, 11) is 0. The van der Waals surface area contributed by atoms with Crippen LogP contribution in [0.4, 0.5) is 5.95 Å². The molecule has 0 unspecified atom stereocenters. The predicted molar refractivity (Wildman–Crippen MR) is 75.7 cm³/mol. The quantitative estimate of drug-likeness (QED) is 0.421. The fourth-order valence-electron chi connectivity index (χ4n) is 2.55. The average molecular weight is 302 g/mol. The molecule has 1 saturated heterocycles. The number of hydrogen-bond acceptors (Lipinski definition) is 6. The Kier molecular flexibility index (Phi) is 4.00. The first-order valence-corrected chi connectivity index (χ1v) is 6.02. The van der Waals surface area contributed by atoms with E-state index in [1.807, 2.05) is 0 Å². The number of rotatable bonds is 2. The van der Waals surface area contributed by atoms with Gasteiger partial charge in [0.05, 0.1) is 18.8 Å². The van der Waals surface area contributed by atoms with Crippen LogP contribution in [-0.4, -0.2) is 43.9 Å². The van der Waals surface area contributed by atoms with Crippen molar-refractivity contribution >= 4 is 29.4 Å². The average Bonchev–Trinajstić information content (AvgIpc) is 2.92. The maximum absolute atomic E-state index is 11.7. The minimum absolute atomic E-state index is 0. The van der Waals surface area contributed by atoms with Crippen molar-refractivity contribution in [2.45, 2.75) is 24.6 Å². The van der Waals surface area contributed by atoms with Crippen LogP contribution in [0.3, 0.4) is 0 Å². The molecule has 0 aliphatic carbocycles. The van der Waals surface area contributed by atoms with Gasteiger partial charge in [-0.1, -0.05) is 0 Å². The summed E-state index contributed by atoms with van der Waals surface area (Å²) in [6, 6.07) is -0.538. The molecule has 9 heteroatoms. The summed E-state index contributed by atoms with van der Waals surface area (Å²) >= 11 is 0. The number of nitrogens with zero attached hydrogens (tertiary/aromatic N) is 1. The first-order valence-electron chi connectivity index (χ1n) is 6.02. The maximum Gasteiger partial charge on any atom is 0.276 e. The predicted octanol–water partition coefficient (Wildman–Crippen LogP) is -0.989. The van der Waals surface area contributed by atoms with E-state index < -0.39 is 6.10 Å². The minimum atomic E-state index is -0.626. The number of halogens is 1. The molecule has 0 aromatic carbocycles. The molecule has 3 atom stereocenters. The van der Waals surface area contributed by atoms with Gasteiger partial charge in [-0.25, -0.2) is 4.98 Å². The van der Waals surface area contributed by atoms with Gasteiger partial charge in [-0.2, -0.15) is 0 Å². The molecule has 2 aromatic rings. The highest BCUT2D eigenvalue weighted by atomic mass is 35.5. The second-order valence-corrected chi connectivity index (χ2v) is 4.73. The first-order chi connectivity index (χ1) is 9.10. The number of aliphatic hydroxyl groups excluding tert-OH is 2. The highest BCUT2D eigenvalue weighted by Crippen LogP contribution is 2.30. The van der Waals surface area contributed by atoms with Gasteiger partial charge in [-0.15, -0.1) is 12.4 Å². The van der Waals surface area contributed by atoms with E-state index in [1.165, 1.54) is 0 Å². The lowest BCUT2D eigenvalue weighted by atomic mass is 10.1. The lowest BCUT2D eigenvalue weighted by Crippen LogP contribution is -2.34. The van der Waals surface area contributed by atoms with Crippen LogP contribution in [-0.2, 0) is 0 Å². The first kappa shape index (κ1) is 14.8. The van der Waals surface area contributed by atoms with E-state index in [-0.39, 0.29) is 42.6 Å². The standard InChI is InChI=1S/C11H15N5O3.ClH/c12-11-15-8-4(2-13-9(8)10(19)16-11)5-1-7(18)6(3-17)14-5;/h2,5-7,13-14,17-18H,1,3H2,(H3,12,15,16,19);1H/t5-,6-,7+;/m1./s1. The van der Waals surface area contributed by atoms with Crippen LogP contribution >= 0.6 is 12.4 Å². The van der Waals surface area contributed by atoms with Crippen molar-refractivity contribution in [2.24, 2.45) is 0 Å². The number of aromatic amines is 2. The number of nitrogen functional groups attached to an aromatic ring is 1. The monoisotopic (exact) mass is 301 g/mol. The number of aromatic nitrogens is 3. The summed E-state index contributed by atoms with van der Waals surface area (Å²) in [6.07, 6.45) is 1.50. The van der Waals surface area contributed by atoms with E-state index in [0.717, 1.165) is 5.56 Å². The van der Waals surface area contributed by atoms with Crippen LogP contribution in [0.15, 0.2) is 11.0 Å². The molecule has 3 rings (SSSR count). The van der Waals surface area contributed by atoms with Crippen LogP contribution in [0.25, 0.3) is 11.0 Å². The SMILES string of the molecule is Cl.Nc1nc2c([C@H]3C[C@H](O)[C@@H](CO)N3)c[nH]c2c(=O)[nH]1. The Hall–Kier alpha value is -1.61. The summed E-state index contributed by atoms with van der Waals surface area (Å²) in [5.41, 5.74) is 6.83. The zero-order valence-electron chi connectivity index (χ0n) is 10.5. The van der Waals surface area contributed by atoms with Gasteiger partial charge >= 0.3 is 0 Å². The largest absolute Gasteiger partial charge is 0.395 e. The van der Waals surface area contributed by atoms with Gasteiger partial charge in [0.2, 0.25) is 5.95 Å². The molecule has 0 saturated carbocycles. The van der Waals surface area contributed by atoms with E-state index in [2.05, 4.69) is 20.3 Å². The molecular formula is C11H16ClN5O3. The third-order valence-corrected chi connectivity index (χ3v) is 3.51. The van der Waals surface area contributed by atoms with Crippen molar-refractivity contribution in [2.75, 3.05) is 12.3 Å². The van der Waals surface area contributed by atoms with E-state index >= 15 is 0 Å². The molecule has 7 N–H and O–H groups in total.